The summed E-state index contributed by atoms with van der Waals surface area (Å²) in [6.07, 6.45) is 0. The number of urea groups is 1. The van der Waals surface area contributed by atoms with Gasteiger partial charge in [0.25, 0.3) is 5.91 Å². The molecule has 0 radical (unpaired) electrons. The number of imide groups is 1. The maximum Gasteiger partial charge on any atom is 0.325 e. The molecule has 3 rings (SSSR count). The second-order valence-corrected chi connectivity index (χ2v) is 6.20. The van der Waals surface area contributed by atoms with Crippen molar-refractivity contribution in [2.45, 2.75) is 12.5 Å². The van der Waals surface area contributed by atoms with Crippen molar-refractivity contribution in [1.29, 1.82) is 0 Å². The zero-order valence-corrected chi connectivity index (χ0v) is 14.2. The molecule has 1 aliphatic rings. The summed E-state index contributed by atoms with van der Waals surface area (Å²) in [5, 5.41) is 3.11. The van der Waals surface area contributed by atoms with Gasteiger partial charge in [-0.3, -0.25) is 9.69 Å². The van der Waals surface area contributed by atoms with E-state index in [1.165, 1.54) is 24.3 Å². The average Bonchev–Trinajstić information content (AvgIpc) is 2.81. The van der Waals surface area contributed by atoms with Gasteiger partial charge in [0.15, 0.2) is 0 Å². The van der Waals surface area contributed by atoms with Crippen LogP contribution in [0.4, 0.5) is 9.18 Å². The number of nitrogens with zero attached hydrogens (tertiary/aromatic N) is 1. The fourth-order valence-corrected chi connectivity index (χ4v) is 2.88. The van der Waals surface area contributed by atoms with E-state index in [2.05, 4.69) is 5.32 Å². The van der Waals surface area contributed by atoms with Gasteiger partial charge in [0, 0.05) is 0 Å². The highest BCUT2D eigenvalue weighted by Crippen LogP contribution is 2.29. The number of amides is 3. The summed E-state index contributed by atoms with van der Waals surface area (Å²) >= 11 is 6.00. The number of halogens is 2. The van der Waals surface area contributed by atoms with Crippen LogP contribution in [0, 0.1) is 5.82 Å². The van der Waals surface area contributed by atoms with Gasteiger partial charge in [-0.25, -0.2) is 9.18 Å². The van der Waals surface area contributed by atoms with Gasteiger partial charge in [-0.15, -0.1) is 0 Å². The minimum Gasteiger partial charge on any atom is -0.490 e. The highest BCUT2D eigenvalue weighted by atomic mass is 35.5. The van der Waals surface area contributed by atoms with Crippen LogP contribution in [0.3, 0.4) is 0 Å². The Morgan fingerprint density at radius 2 is 1.84 bits per heavy atom. The van der Waals surface area contributed by atoms with Crippen LogP contribution in [0.1, 0.15) is 12.5 Å². The lowest BCUT2D eigenvalue weighted by Gasteiger charge is -2.22. The van der Waals surface area contributed by atoms with Crippen LogP contribution >= 0.6 is 11.6 Å². The fraction of sp³-hybridized carbons (Fsp3) is 0.222. The Kier molecular flexibility index (Phi) is 4.63. The third kappa shape index (κ3) is 3.30. The summed E-state index contributed by atoms with van der Waals surface area (Å²) in [6, 6.07) is 11.9. The van der Waals surface area contributed by atoms with Crippen LogP contribution in [-0.2, 0) is 10.3 Å². The SMILES string of the molecule is C[C@@]1(c2ccc(F)cc2)NC(=O)N(CCOc2ccccc2Cl)C1=O. The van der Waals surface area contributed by atoms with E-state index in [0.717, 1.165) is 4.90 Å². The van der Waals surface area contributed by atoms with Gasteiger partial charge in [-0.05, 0) is 36.8 Å². The molecule has 0 aromatic heterocycles. The Bertz CT molecular complexity index is 812. The predicted molar refractivity (Wildman–Crippen MR) is 90.9 cm³/mol. The first-order valence-electron chi connectivity index (χ1n) is 7.69. The number of rotatable bonds is 5. The Morgan fingerprint density at radius 3 is 2.52 bits per heavy atom. The van der Waals surface area contributed by atoms with Crippen molar-refractivity contribution in [3.05, 3.63) is 64.9 Å². The molecule has 2 aromatic carbocycles. The van der Waals surface area contributed by atoms with E-state index < -0.39 is 23.3 Å². The lowest BCUT2D eigenvalue weighted by atomic mass is 9.92. The van der Waals surface area contributed by atoms with E-state index in [1.807, 2.05) is 0 Å². The maximum absolute atomic E-state index is 13.1. The summed E-state index contributed by atoms with van der Waals surface area (Å²) in [5.74, 6) is -0.335. The highest BCUT2D eigenvalue weighted by molar-refractivity contribution is 6.32. The summed E-state index contributed by atoms with van der Waals surface area (Å²) in [6.45, 7) is 1.78. The Hall–Kier alpha value is -2.60. The molecule has 0 saturated carbocycles. The van der Waals surface area contributed by atoms with E-state index in [0.29, 0.717) is 16.3 Å². The van der Waals surface area contributed by atoms with E-state index in [-0.39, 0.29) is 13.2 Å². The van der Waals surface area contributed by atoms with Crippen molar-refractivity contribution in [3.8, 4) is 5.75 Å². The topological polar surface area (TPSA) is 58.6 Å². The van der Waals surface area contributed by atoms with Crippen molar-refractivity contribution in [1.82, 2.24) is 10.2 Å². The van der Waals surface area contributed by atoms with Crippen molar-refractivity contribution in [3.63, 3.8) is 0 Å². The smallest absolute Gasteiger partial charge is 0.325 e. The van der Waals surface area contributed by atoms with Crippen molar-refractivity contribution >= 4 is 23.5 Å². The monoisotopic (exact) mass is 362 g/mol. The molecule has 1 atom stereocenters. The Balaban J connectivity index is 1.69. The van der Waals surface area contributed by atoms with E-state index in [4.69, 9.17) is 16.3 Å². The minimum atomic E-state index is -1.23. The van der Waals surface area contributed by atoms with Gasteiger partial charge in [-0.2, -0.15) is 0 Å². The third-order valence-corrected chi connectivity index (χ3v) is 4.42. The summed E-state index contributed by atoms with van der Waals surface area (Å²) in [4.78, 5) is 26.0. The lowest BCUT2D eigenvalue weighted by Crippen LogP contribution is -2.41. The number of carbonyl (C=O) groups is 2. The molecule has 1 saturated heterocycles. The molecule has 0 bridgehead atoms. The predicted octanol–water partition coefficient (Wildman–Crippen LogP) is 3.33. The molecule has 130 valence electrons. The molecule has 25 heavy (non-hydrogen) atoms. The molecular weight excluding hydrogens is 347 g/mol. The van der Waals surface area contributed by atoms with Gasteiger partial charge < -0.3 is 10.1 Å². The summed E-state index contributed by atoms with van der Waals surface area (Å²) < 4.78 is 18.6. The molecule has 5 nitrogen and oxygen atoms in total. The standard InChI is InChI=1S/C18H16ClFN2O3/c1-18(12-6-8-13(20)9-7-12)16(23)22(17(24)21-18)10-11-25-15-5-3-2-4-14(15)19/h2-9H,10-11H2,1H3,(H,21,24)/t18-/m0/s1. The van der Waals surface area contributed by atoms with E-state index in [9.17, 15) is 14.0 Å². The Labute approximate surface area is 149 Å². The molecule has 7 heteroatoms. The first kappa shape index (κ1) is 17.2. The van der Waals surface area contributed by atoms with Gasteiger partial charge in [-0.1, -0.05) is 35.9 Å². The number of ether oxygens (including phenoxy) is 1. The number of hydrogen-bond acceptors (Lipinski definition) is 3. The number of hydrogen-bond donors (Lipinski definition) is 1. The van der Waals surface area contributed by atoms with Crippen molar-refractivity contribution in [2.24, 2.45) is 0 Å². The Morgan fingerprint density at radius 1 is 1.16 bits per heavy atom. The zero-order chi connectivity index (χ0) is 18.0. The van der Waals surface area contributed by atoms with Crippen LogP contribution < -0.4 is 10.1 Å². The molecule has 3 amide bonds. The largest absolute Gasteiger partial charge is 0.490 e. The number of benzene rings is 2. The van der Waals surface area contributed by atoms with Crippen LogP contribution in [0.15, 0.2) is 48.5 Å². The van der Waals surface area contributed by atoms with Gasteiger partial charge in [0.2, 0.25) is 0 Å². The highest BCUT2D eigenvalue weighted by Gasteiger charge is 2.48. The van der Waals surface area contributed by atoms with Crippen LogP contribution in [0.25, 0.3) is 0 Å². The molecule has 0 unspecified atom stereocenters. The molecule has 0 spiro atoms. The maximum atomic E-state index is 13.1. The molecule has 2 aromatic rings. The fourth-order valence-electron chi connectivity index (χ4n) is 2.69. The molecular formula is C18H16ClFN2O3. The third-order valence-electron chi connectivity index (χ3n) is 4.11. The first-order chi connectivity index (χ1) is 11.9. The van der Waals surface area contributed by atoms with E-state index in [1.54, 1.807) is 31.2 Å². The molecule has 0 aliphatic carbocycles. The van der Waals surface area contributed by atoms with Gasteiger partial charge in [0.1, 0.15) is 23.7 Å². The summed E-state index contributed by atoms with van der Waals surface area (Å²) in [5.41, 5.74) is -0.711. The zero-order valence-electron chi connectivity index (χ0n) is 13.5. The summed E-state index contributed by atoms with van der Waals surface area (Å²) in [7, 11) is 0. The molecule has 1 aliphatic heterocycles. The van der Waals surface area contributed by atoms with Crippen molar-refractivity contribution < 1.29 is 18.7 Å². The van der Waals surface area contributed by atoms with Crippen LogP contribution in [-0.4, -0.2) is 30.0 Å². The minimum absolute atomic E-state index is 0.0761. The van der Waals surface area contributed by atoms with Crippen LogP contribution in [0.2, 0.25) is 5.02 Å². The van der Waals surface area contributed by atoms with Crippen LogP contribution in [0.5, 0.6) is 5.75 Å². The van der Waals surface area contributed by atoms with Crippen molar-refractivity contribution in [2.75, 3.05) is 13.2 Å². The molecule has 1 heterocycles. The number of nitrogens with one attached hydrogen (secondary N) is 1. The van der Waals surface area contributed by atoms with Gasteiger partial charge in [0.05, 0.1) is 11.6 Å². The normalized spacial score (nSPS) is 19.9. The molecule has 1 N–H and O–H groups in total. The average molecular weight is 363 g/mol. The second-order valence-electron chi connectivity index (χ2n) is 5.80. The second kappa shape index (κ2) is 6.72. The number of carbonyl (C=O) groups excluding carboxylic acids is 2. The quantitative estimate of drug-likeness (QED) is 0.830. The van der Waals surface area contributed by atoms with Gasteiger partial charge >= 0.3 is 6.03 Å². The molecule has 1 fully saturated rings. The first-order valence-corrected chi connectivity index (χ1v) is 8.07. The van der Waals surface area contributed by atoms with E-state index >= 15 is 0 Å². The lowest BCUT2D eigenvalue weighted by molar-refractivity contribution is -0.131. The number of para-hydroxylation sites is 1.